The average Bonchev–Trinajstić information content (AvgIpc) is 2.60. The molecule has 2 amide bonds. The van der Waals surface area contributed by atoms with Crippen molar-refractivity contribution in [3.05, 3.63) is 70.7 Å². The van der Waals surface area contributed by atoms with Gasteiger partial charge in [-0.15, -0.1) is 0 Å². The largest absolute Gasteiger partial charge is 0.334 e. The number of hydrogen-bond donors (Lipinski definition) is 2. The summed E-state index contributed by atoms with van der Waals surface area (Å²) in [6, 6.07) is 17.4. The maximum atomic E-state index is 12.3. The maximum Gasteiger partial charge on any atom is 0.315 e. The summed E-state index contributed by atoms with van der Waals surface area (Å²) < 4.78 is 0. The summed E-state index contributed by atoms with van der Waals surface area (Å²) in [4.78, 5) is 12.3. The highest BCUT2D eigenvalue weighted by Crippen LogP contribution is 2.29. The fourth-order valence-corrected chi connectivity index (χ4v) is 2.84. The van der Waals surface area contributed by atoms with Gasteiger partial charge in [-0.05, 0) is 36.1 Å². The molecule has 0 unspecified atom stereocenters. The molecule has 0 aliphatic heterocycles. The van der Waals surface area contributed by atoms with Gasteiger partial charge in [-0.1, -0.05) is 67.9 Å². The molecular weight excluding hydrogens is 308 g/mol. The summed E-state index contributed by atoms with van der Waals surface area (Å²) in [6.45, 7) is 4.67. The van der Waals surface area contributed by atoms with E-state index in [1.807, 2.05) is 54.6 Å². The van der Waals surface area contributed by atoms with Crippen LogP contribution in [0.25, 0.3) is 0 Å². The Morgan fingerprint density at radius 2 is 1.61 bits per heavy atom. The molecule has 122 valence electrons. The Labute approximate surface area is 143 Å². The minimum Gasteiger partial charge on any atom is -0.334 e. The van der Waals surface area contributed by atoms with Gasteiger partial charge in [0.05, 0.1) is 5.54 Å². The Balaban J connectivity index is 2.06. The molecule has 0 aliphatic rings. The molecule has 3 nitrogen and oxygen atoms in total. The molecule has 0 atom stereocenters. The number of urea groups is 1. The van der Waals surface area contributed by atoms with Gasteiger partial charge in [0, 0.05) is 11.6 Å². The number of nitrogens with one attached hydrogen (secondary N) is 2. The molecule has 4 heteroatoms. The van der Waals surface area contributed by atoms with Crippen molar-refractivity contribution in [2.45, 2.75) is 38.8 Å². The van der Waals surface area contributed by atoms with Crippen molar-refractivity contribution in [3.8, 4) is 0 Å². The van der Waals surface area contributed by atoms with E-state index in [1.165, 1.54) is 0 Å². The SMILES string of the molecule is CCC(CC)(NC(=O)NCc1ccccc1)c1ccc(Cl)cc1. The molecule has 23 heavy (non-hydrogen) atoms. The van der Waals surface area contributed by atoms with Crippen molar-refractivity contribution in [1.82, 2.24) is 10.6 Å². The van der Waals surface area contributed by atoms with Crippen molar-refractivity contribution in [2.24, 2.45) is 0 Å². The first-order valence-corrected chi connectivity index (χ1v) is 8.33. The normalized spacial score (nSPS) is 11.1. The van der Waals surface area contributed by atoms with Crippen LogP contribution in [0.15, 0.2) is 54.6 Å². The van der Waals surface area contributed by atoms with E-state index in [1.54, 1.807) is 0 Å². The number of amides is 2. The van der Waals surface area contributed by atoms with Crippen LogP contribution < -0.4 is 10.6 Å². The van der Waals surface area contributed by atoms with Crippen LogP contribution >= 0.6 is 11.6 Å². The van der Waals surface area contributed by atoms with Crippen molar-refractivity contribution < 1.29 is 4.79 Å². The predicted molar refractivity (Wildman–Crippen MR) is 95.5 cm³/mol. The van der Waals surface area contributed by atoms with Crippen LogP contribution in [0.1, 0.15) is 37.8 Å². The maximum absolute atomic E-state index is 12.3. The number of rotatable bonds is 6. The molecule has 0 saturated carbocycles. The van der Waals surface area contributed by atoms with E-state index in [0.717, 1.165) is 24.0 Å². The molecule has 2 aromatic carbocycles. The van der Waals surface area contributed by atoms with Gasteiger partial charge in [0.25, 0.3) is 0 Å². The van der Waals surface area contributed by atoms with Gasteiger partial charge in [-0.25, -0.2) is 4.79 Å². The van der Waals surface area contributed by atoms with Crippen LogP contribution in [0.5, 0.6) is 0 Å². The van der Waals surface area contributed by atoms with Crippen LogP contribution in [0.4, 0.5) is 4.79 Å². The van der Waals surface area contributed by atoms with E-state index in [4.69, 9.17) is 11.6 Å². The van der Waals surface area contributed by atoms with E-state index >= 15 is 0 Å². The average molecular weight is 331 g/mol. The third-order valence-electron chi connectivity index (χ3n) is 4.25. The lowest BCUT2D eigenvalue weighted by molar-refractivity contribution is 0.220. The molecule has 0 spiro atoms. The van der Waals surface area contributed by atoms with Gasteiger partial charge in [0.2, 0.25) is 0 Å². The molecule has 0 radical (unpaired) electrons. The van der Waals surface area contributed by atoms with Gasteiger partial charge >= 0.3 is 6.03 Å². The highest BCUT2D eigenvalue weighted by atomic mass is 35.5. The third-order valence-corrected chi connectivity index (χ3v) is 4.50. The van der Waals surface area contributed by atoms with Crippen molar-refractivity contribution in [1.29, 1.82) is 0 Å². The van der Waals surface area contributed by atoms with Crippen LogP contribution in [-0.4, -0.2) is 6.03 Å². The molecule has 0 fully saturated rings. The Kier molecular flexibility index (Phi) is 6.05. The number of benzene rings is 2. The highest BCUT2D eigenvalue weighted by Gasteiger charge is 2.30. The summed E-state index contributed by atoms with van der Waals surface area (Å²) in [5.41, 5.74) is 1.76. The number of carbonyl (C=O) groups is 1. The summed E-state index contributed by atoms with van der Waals surface area (Å²) >= 11 is 5.97. The molecule has 2 N–H and O–H groups in total. The van der Waals surface area contributed by atoms with E-state index in [2.05, 4.69) is 24.5 Å². The fraction of sp³-hybridized carbons (Fsp3) is 0.316. The Hall–Kier alpha value is -2.00. The number of halogens is 1. The zero-order chi connectivity index (χ0) is 16.7. The van der Waals surface area contributed by atoms with Gasteiger partial charge in [-0.3, -0.25) is 0 Å². The zero-order valence-electron chi connectivity index (χ0n) is 13.6. The molecule has 0 saturated heterocycles. The predicted octanol–water partition coefficient (Wildman–Crippen LogP) is 4.85. The summed E-state index contributed by atoms with van der Waals surface area (Å²) in [6.07, 6.45) is 1.62. The molecule has 0 heterocycles. The third kappa shape index (κ3) is 4.49. The fourth-order valence-electron chi connectivity index (χ4n) is 2.72. The second-order valence-corrected chi connectivity index (χ2v) is 6.03. The van der Waals surface area contributed by atoms with Crippen LogP contribution in [0, 0.1) is 0 Å². The Morgan fingerprint density at radius 1 is 1.00 bits per heavy atom. The summed E-state index contributed by atoms with van der Waals surface area (Å²) in [5.74, 6) is 0. The minimum atomic E-state index is -0.384. The molecule has 0 aliphatic carbocycles. The topological polar surface area (TPSA) is 41.1 Å². The molecule has 2 rings (SSSR count). The minimum absolute atomic E-state index is 0.160. The van der Waals surface area contributed by atoms with Gasteiger partial charge in [0.1, 0.15) is 0 Å². The van der Waals surface area contributed by atoms with E-state index in [9.17, 15) is 4.79 Å². The van der Waals surface area contributed by atoms with Gasteiger partial charge in [-0.2, -0.15) is 0 Å². The Bertz CT molecular complexity index is 622. The van der Waals surface area contributed by atoms with Crippen molar-refractivity contribution in [3.63, 3.8) is 0 Å². The van der Waals surface area contributed by atoms with Crippen LogP contribution in [0.2, 0.25) is 5.02 Å². The quantitative estimate of drug-likeness (QED) is 0.780. The number of hydrogen-bond acceptors (Lipinski definition) is 1. The van der Waals surface area contributed by atoms with E-state index in [0.29, 0.717) is 11.6 Å². The molecule has 0 bridgehead atoms. The Morgan fingerprint density at radius 3 is 2.17 bits per heavy atom. The summed E-state index contributed by atoms with van der Waals surface area (Å²) in [5, 5.41) is 6.77. The van der Waals surface area contributed by atoms with Crippen LogP contribution in [-0.2, 0) is 12.1 Å². The second-order valence-electron chi connectivity index (χ2n) is 5.59. The number of carbonyl (C=O) groups excluding carboxylic acids is 1. The lowest BCUT2D eigenvalue weighted by atomic mass is 9.85. The van der Waals surface area contributed by atoms with Crippen molar-refractivity contribution >= 4 is 17.6 Å². The first-order chi connectivity index (χ1) is 11.1. The monoisotopic (exact) mass is 330 g/mol. The van der Waals surface area contributed by atoms with Crippen LogP contribution in [0.3, 0.4) is 0 Å². The van der Waals surface area contributed by atoms with E-state index < -0.39 is 0 Å². The first kappa shape index (κ1) is 17.4. The lowest BCUT2D eigenvalue weighted by Crippen LogP contribution is -2.49. The van der Waals surface area contributed by atoms with E-state index in [-0.39, 0.29) is 11.6 Å². The standard InChI is InChI=1S/C19H23ClN2O/c1-3-19(4-2,16-10-12-17(20)13-11-16)22-18(23)21-14-15-8-6-5-7-9-15/h5-13H,3-4,14H2,1-2H3,(H2,21,22,23). The second kappa shape index (κ2) is 8.02. The highest BCUT2D eigenvalue weighted by molar-refractivity contribution is 6.30. The molecular formula is C19H23ClN2O. The smallest absolute Gasteiger partial charge is 0.315 e. The first-order valence-electron chi connectivity index (χ1n) is 7.95. The zero-order valence-corrected chi connectivity index (χ0v) is 14.4. The lowest BCUT2D eigenvalue weighted by Gasteiger charge is -2.33. The molecule has 0 aromatic heterocycles. The van der Waals surface area contributed by atoms with Gasteiger partial charge < -0.3 is 10.6 Å². The summed E-state index contributed by atoms with van der Waals surface area (Å²) in [7, 11) is 0. The molecule has 2 aromatic rings. The van der Waals surface area contributed by atoms with Gasteiger partial charge in [0.15, 0.2) is 0 Å². The van der Waals surface area contributed by atoms with Crippen molar-refractivity contribution in [2.75, 3.05) is 0 Å².